The Morgan fingerprint density at radius 2 is 1.68 bits per heavy atom. The molecule has 0 atom stereocenters. The highest BCUT2D eigenvalue weighted by Gasteiger charge is 2.39. The minimum atomic E-state index is -0.590. The lowest BCUT2D eigenvalue weighted by molar-refractivity contribution is -0.120. The van der Waals surface area contributed by atoms with Gasteiger partial charge in [0, 0.05) is 23.5 Å². The number of nitrogens with one attached hydrogen (secondary N) is 1. The molecule has 0 fully saturated rings. The molecule has 0 aromatic heterocycles. The number of imide groups is 1. The zero-order chi connectivity index (χ0) is 24.4. The van der Waals surface area contributed by atoms with Gasteiger partial charge in [0.15, 0.2) is 0 Å². The number of para-hydroxylation sites is 1. The average Bonchev–Trinajstić information content (AvgIpc) is 3.03. The normalized spacial score (nSPS) is 13.5. The van der Waals surface area contributed by atoms with Gasteiger partial charge in [0.25, 0.3) is 17.7 Å². The molecular weight excluding hydrogens is 450 g/mol. The van der Waals surface area contributed by atoms with Gasteiger partial charge in [0.05, 0.1) is 5.69 Å². The van der Waals surface area contributed by atoms with E-state index in [1.165, 1.54) is 0 Å². The van der Waals surface area contributed by atoms with E-state index >= 15 is 0 Å². The second-order valence-electron chi connectivity index (χ2n) is 8.02. The Balaban J connectivity index is 1.60. The molecule has 0 aliphatic carbocycles. The molecule has 1 aliphatic rings. The molecule has 34 heavy (non-hydrogen) atoms. The highest BCUT2D eigenvalue weighted by molar-refractivity contribution is 6.53. The Morgan fingerprint density at radius 3 is 2.38 bits per heavy atom. The van der Waals surface area contributed by atoms with E-state index < -0.39 is 11.8 Å². The summed E-state index contributed by atoms with van der Waals surface area (Å²) in [4.78, 5) is 41.9. The summed E-state index contributed by atoms with van der Waals surface area (Å²) in [6.07, 6.45) is 0. The third-order valence-electron chi connectivity index (χ3n) is 5.64. The number of anilines is 3. The first-order valence-electron chi connectivity index (χ1n) is 10.9. The maximum absolute atomic E-state index is 13.3. The molecule has 172 valence electrons. The fourth-order valence-corrected chi connectivity index (χ4v) is 4.13. The summed E-state index contributed by atoms with van der Waals surface area (Å²) in [7, 11) is 0. The largest absolute Gasteiger partial charge is 0.350 e. The van der Waals surface area contributed by atoms with Crippen molar-refractivity contribution in [2.24, 2.45) is 0 Å². The first-order valence-corrected chi connectivity index (χ1v) is 11.3. The molecule has 0 spiro atoms. The summed E-state index contributed by atoms with van der Waals surface area (Å²) >= 11 is 6.27. The monoisotopic (exact) mass is 473 g/mol. The van der Waals surface area contributed by atoms with Crippen LogP contribution in [0.5, 0.6) is 0 Å². The molecule has 7 heteroatoms. The van der Waals surface area contributed by atoms with E-state index in [0.29, 0.717) is 23.5 Å². The van der Waals surface area contributed by atoms with Gasteiger partial charge in [0.1, 0.15) is 10.7 Å². The summed E-state index contributed by atoms with van der Waals surface area (Å²) in [6.45, 7) is 6.20. The smallest absolute Gasteiger partial charge is 0.283 e. The number of carbonyl (C=O) groups excluding carboxylic acids is 3. The topological polar surface area (TPSA) is 69.7 Å². The fourth-order valence-electron chi connectivity index (χ4n) is 3.91. The van der Waals surface area contributed by atoms with Crippen LogP contribution in [0.3, 0.4) is 0 Å². The van der Waals surface area contributed by atoms with Crippen LogP contribution >= 0.6 is 11.6 Å². The second kappa shape index (κ2) is 9.53. The van der Waals surface area contributed by atoms with E-state index in [2.05, 4.69) is 5.32 Å². The Labute approximate surface area is 203 Å². The number of rotatable bonds is 6. The van der Waals surface area contributed by atoms with E-state index in [1.807, 2.05) is 57.2 Å². The fraction of sp³-hybridized carbons (Fsp3) is 0.148. The highest BCUT2D eigenvalue weighted by atomic mass is 35.5. The predicted octanol–water partition coefficient (Wildman–Crippen LogP) is 5.41. The van der Waals surface area contributed by atoms with Crippen LogP contribution in [0.1, 0.15) is 28.4 Å². The quantitative estimate of drug-likeness (QED) is 0.486. The maximum atomic E-state index is 13.3. The Kier molecular flexibility index (Phi) is 6.52. The van der Waals surface area contributed by atoms with Crippen molar-refractivity contribution in [3.05, 3.63) is 100 Å². The molecule has 3 aromatic rings. The lowest BCUT2D eigenvalue weighted by Gasteiger charge is -2.22. The van der Waals surface area contributed by atoms with Crippen LogP contribution in [0.25, 0.3) is 0 Å². The average molecular weight is 474 g/mol. The van der Waals surface area contributed by atoms with Crippen LogP contribution in [0, 0.1) is 13.8 Å². The van der Waals surface area contributed by atoms with Crippen molar-refractivity contribution in [3.63, 3.8) is 0 Å². The number of hydrogen-bond donors (Lipinski definition) is 1. The Hall–Kier alpha value is -3.90. The lowest BCUT2D eigenvalue weighted by atomic mass is 10.1. The number of carbonyl (C=O) groups is 3. The number of amides is 3. The standard InChI is InChI=1S/C27H24ClN3O3/c1-4-30(21-13-7-9-17(2)15-21)25(32)19-11-8-12-20(16-19)29-24-23(28)26(33)31(27(24)34)22-14-6-5-10-18(22)3/h5-16,29H,4H2,1-3H3. The summed E-state index contributed by atoms with van der Waals surface area (Å²) in [5.41, 5.74) is 4.02. The van der Waals surface area contributed by atoms with Crippen molar-refractivity contribution >= 4 is 46.4 Å². The molecule has 3 aromatic carbocycles. The van der Waals surface area contributed by atoms with Crippen molar-refractivity contribution in [2.75, 3.05) is 21.7 Å². The van der Waals surface area contributed by atoms with Gasteiger partial charge in [-0.2, -0.15) is 0 Å². The molecule has 1 N–H and O–H groups in total. The van der Waals surface area contributed by atoms with Crippen LogP contribution in [0.4, 0.5) is 17.1 Å². The van der Waals surface area contributed by atoms with Gasteiger partial charge in [-0.3, -0.25) is 14.4 Å². The van der Waals surface area contributed by atoms with Crippen molar-refractivity contribution in [1.29, 1.82) is 0 Å². The first-order chi connectivity index (χ1) is 16.3. The third kappa shape index (κ3) is 4.32. The summed E-state index contributed by atoms with van der Waals surface area (Å²) in [6, 6.07) is 21.6. The van der Waals surface area contributed by atoms with E-state index in [0.717, 1.165) is 21.7 Å². The van der Waals surface area contributed by atoms with Crippen LogP contribution in [0.2, 0.25) is 0 Å². The Morgan fingerprint density at radius 1 is 0.941 bits per heavy atom. The van der Waals surface area contributed by atoms with Gasteiger partial charge in [-0.05, 0) is 68.3 Å². The number of halogens is 1. The molecular formula is C27H24ClN3O3. The molecule has 0 radical (unpaired) electrons. The van der Waals surface area contributed by atoms with Crippen LogP contribution in [0.15, 0.2) is 83.5 Å². The third-order valence-corrected chi connectivity index (χ3v) is 5.99. The molecule has 0 bridgehead atoms. The molecule has 0 saturated heterocycles. The molecule has 1 heterocycles. The second-order valence-corrected chi connectivity index (χ2v) is 8.39. The van der Waals surface area contributed by atoms with E-state index in [4.69, 9.17) is 11.6 Å². The minimum absolute atomic E-state index is 0.0226. The molecule has 6 nitrogen and oxygen atoms in total. The molecule has 0 saturated carbocycles. The van der Waals surface area contributed by atoms with Crippen LogP contribution < -0.4 is 15.1 Å². The van der Waals surface area contributed by atoms with E-state index in [9.17, 15) is 14.4 Å². The Bertz CT molecular complexity index is 1330. The van der Waals surface area contributed by atoms with Gasteiger partial charge < -0.3 is 10.2 Å². The number of benzene rings is 3. The predicted molar refractivity (Wildman–Crippen MR) is 135 cm³/mol. The van der Waals surface area contributed by atoms with Gasteiger partial charge in [-0.25, -0.2) is 4.90 Å². The van der Waals surface area contributed by atoms with E-state index in [-0.39, 0.29) is 16.6 Å². The number of hydrogen-bond acceptors (Lipinski definition) is 4. The van der Waals surface area contributed by atoms with Gasteiger partial charge in [-0.15, -0.1) is 0 Å². The van der Waals surface area contributed by atoms with E-state index in [1.54, 1.807) is 41.3 Å². The van der Waals surface area contributed by atoms with Crippen LogP contribution in [-0.4, -0.2) is 24.3 Å². The van der Waals surface area contributed by atoms with Crippen molar-refractivity contribution < 1.29 is 14.4 Å². The van der Waals surface area contributed by atoms with Crippen LogP contribution in [-0.2, 0) is 9.59 Å². The zero-order valence-corrected chi connectivity index (χ0v) is 19.9. The maximum Gasteiger partial charge on any atom is 0.283 e. The molecule has 4 rings (SSSR count). The minimum Gasteiger partial charge on any atom is -0.350 e. The number of aryl methyl sites for hydroxylation is 2. The summed E-state index contributed by atoms with van der Waals surface area (Å²) in [5.74, 6) is -1.31. The van der Waals surface area contributed by atoms with Gasteiger partial charge in [0.2, 0.25) is 0 Å². The first kappa shape index (κ1) is 23.3. The summed E-state index contributed by atoms with van der Waals surface area (Å²) in [5, 5.41) is 2.76. The van der Waals surface area contributed by atoms with Crippen molar-refractivity contribution in [1.82, 2.24) is 0 Å². The molecule has 0 unspecified atom stereocenters. The highest BCUT2D eigenvalue weighted by Crippen LogP contribution is 2.32. The van der Waals surface area contributed by atoms with Gasteiger partial charge in [-0.1, -0.05) is 48.0 Å². The van der Waals surface area contributed by atoms with Crippen molar-refractivity contribution in [3.8, 4) is 0 Å². The molecule has 3 amide bonds. The molecule has 1 aliphatic heterocycles. The van der Waals surface area contributed by atoms with Crippen molar-refractivity contribution in [2.45, 2.75) is 20.8 Å². The SMILES string of the molecule is CCN(C(=O)c1cccc(NC2=C(Cl)C(=O)N(c3ccccc3C)C2=O)c1)c1cccc(C)c1. The number of nitrogens with zero attached hydrogens (tertiary/aromatic N) is 2. The van der Waals surface area contributed by atoms with Gasteiger partial charge >= 0.3 is 0 Å². The zero-order valence-electron chi connectivity index (χ0n) is 19.1. The summed E-state index contributed by atoms with van der Waals surface area (Å²) < 4.78 is 0. The lowest BCUT2D eigenvalue weighted by Crippen LogP contribution is -2.32.